The van der Waals surface area contributed by atoms with E-state index >= 15 is 0 Å². The van der Waals surface area contributed by atoms with Crippen molar-refractivity contribution < 1.29 is 0 Å². The summed E-state index contributed by atoms with van der Waals surface area (Å²) >= 11 is 0. The van der Waals surface area contributed by atoms with Crippen molar-refractivity contribution in [1.29, 1.82) is 0 Å². The number of aryl methyl sites for hydroxylation is 2. The third-order valence-corrected chi connectivity index (χ3v) is 2.39. The summed E-state index contributed by atoms with van der Waals surface area (Å²) in [4.78, 5) is 8.46. The normalized spacial score (nSPS) is 10.3. The fraction of sp³-hybridized carbons (Fsp3) is 0.167. The number of hydrogen-bond donors (Lipinski definition) is 1. The van der Waals surface area contributed by atoms with E-state index in [1.54, 1.807) is 12.4 Å². The fourth-order valence-corrected chi connectivity index (χ4v) is 1.59. The molecule has 0 saturated heterocycles. The molecular formula is C12H13N3. The van der Waals surface area contributed by atoms with Gasteiger partial charge in [0, 0.05) is 18.0 Å². The molecule has 0 atom stereocenters. The van der Waals surface area contributed by atoms with Crippen molar-refractivity contribution >= 4 is 5.69 Å². The van der Waals surface area contributed by atoms with Crippen molar-refractivity contribution in [2.75, 3.05) is 5.73 Å². The number of nitrogen functional groups attached to an aromatic ring is 1. The Balaban J connectivity index is 2.60. The van der Waals surface area contributed by atoms with Crippen LogP contribution in [-0.4, -0.2) is 9.97 Å². The molecule has 2 heterocycles. The summed E-state index contributed by atoms with van der Waals surface area (Å²) < 4.78 is 0. The van der Waals surface area contributed by atoms with Gasteiger partial charge in [0.25, 0.3) is 0 Å². The van der Waals surface area contributed by atoms with E-state index in [0.29, 0.717) is 5.69 Å². The molecule has 0 aliphatic carbocycles. The third-order valence-electron chi connectivity index (χ3n) is 2.39. The largest absolute Gasteiger partial charge is 0.397 e. The summed E-state index contributed by atoms with van der Waals surface area (Å²) in [7, 11) is 0. The van der Waals surface area contributed by atoms with Crippen LogP contribution in [-0.2, 0) is 0 Å². The van der Waals surface area contributed by atoms with Gasteiger partial charge in [0.05, 0.1) is 17.6 Å². The van der Waals surface area contributed by atoms with E-state index in [4.69, 9.17) is 5.73 Å². The number of anilines is 1. The van der Waals surface area contributed by atoms with E-state index in [1.807, 2.05) is 25.3 Å². The molecule has 0 spiro atoms. The van der Waals surface area contributed by atoms with Crippen LogP contribution >= 0.6 is 0 Å². The van der Waals surface area contributed by atoms with Crippen LogP contribution in [0.4, 0.5) is 5.69 Å². The fourth-order valence-electron chi connectivity index (χ4n) is 1.59. The van der Waals surface area contributed by atoms with Crippen LogP contribution in [0.5, 0.6) is 0 Å². The molecule has 2 rings (SSSR count). The zero-order chi connectivity index (χ0) is 10.8. The van der Waals surface area contributed by atoms with E-state index in [2.05, 4.69) is 16.9 Å². The SMILES string of the molecule is Cc1ccncc1-c1ncc(N)cc1C. The Labute approximate surface area is 89.0 Å². The summed E-state index contributed by atoms with van der Waals surface area (Å²) in [6, 6.07) is 3.90. The summed E-state index contributed by atoms with van der Waals surface area (Å²) in [5, 5.41) is 0. The summed E-state index contributed by atoms with van der Waals surface area (Å²) in [5.74, 6) is 0. The lowest BCUT2D eigenvalue weighted by Gasteiger charge is -2.07. The highest BCUT2D eigenvalue weighted by Crippen LogP contribution is 2.24. The highest BCUT2D eigenvalue weighted by Gasteiger charge is 2.06. The predicted octanol–water partition coefficient (Wildman–Crippen LogP) is 2.34. The molecule has 0 saturated carbocycles. The maximum absolute atomic E-state index is 5.67. The predicted molar refractivity (Wildman–Crippen MR) is 61.4 cm³/mol. The van der Waals surface area contributed by atoms with Crippen molar-refractivity contribution in [3.63, 3.8) is 0 Å². The van der Waals surface area contributed by atoms with Crippen LogP contribution in [0.25, 0.3) is 11.3 Å². The van der Waals surface area contributed by atoms with Crippen LogP contribution in [0.15, 0.2) is 30.7 Å². The molecule has 2 aromatic rings. The van der Waals surface area contributed by atoms with E-state index < -0.39 is 0 Å². The first kappa shape index (κ1) is 9.65. The lowest BCUT2D eigenvalue weighted by molar-refractivity contribution is 1.22. The Kier molecular flexibility index (Phi) is 2.37. The van der Waals surface area contributed by atoms with Crippen LogP contribution in [0, 0.1) is 13.8 Å². The summed E-state index contributed by atoms with van der Waals surface area (Å²) in [6.07, 6.45) is 5.29. The molecule has 0 fully saturated rings. The van der Waals surface area contributed by atoms with E-state index in [1.165, 1.54) is 5.56 Å². The Morgan fingerprint density at radius 2 is 1.93 bits per heavy atom. The first-order valence-corrected chi connectivity index (χ1v) is 4.81. The molecule has 0 amide bonds. The van der Waals surface area contributed by atoms with Crippen LogP contribution in [0.2, 0.25) is 0 Å². The topological polar surface area (TPSA) is 51.8 Å². The Morgan fingerprint density at radius 1 is 1.13 bits per heavy atom. The van der Waals surface area contributed by atoms with E-state index in [-0.39, 0.29) is 0 Å². The second-order valence-electron chi connectivity index (χ2n) is 3.62. The molecule has 76 valence electrons. The average Bonchev–Trinajstić information content (AvgIpc) is 2.20. The Hall–Kier alpha value is -1.90. The highest BCUT2D eigenvalue weighted by atomic mass is 14.7. The zero-order valence-electron chi connectivity index (χ0n) is 8.86. The zero-order valence-corrected chi connectivity index (χ0v) is 8.86. The van der Waals surface area contributed by atoms with Gasteiger partial charge in [-0.3, -0.25) is 9.97 Å². The number of nitrogens with two attached hydrogens (primary N) is 1. The van der Waals surface area contributed by atoms with Gasteiger partial charge < -0.3 is 5.73 Å². The molecule has 0 radical (unpaired) electrons. The minimum atomic E-state index is 0.692. The molecule has 0 aliphatic rings. The van der Waals surface area contributed by atoms with Crippen molar-refractivity contribution in [3.05, 3.63) is 41.9 Å². The van der Waals surface area contributed by atoms with Crippen molar-refractivity contribution in [2.24, 2.45) is 0 Å². The van der Waals surface area contributed by atoms with Gasteiger partial charge in [-0.15, -0.1) is 0 Å². The molecular weight excluding hydrogens is 186 g/mol. The molecule has 0 aliphatic heterocycles. The first-order valence-electron chi connectivity index (χ1n) is 4.81. The van der Waals surface area contributed by atoms with E-state index in [9.17, 15) is 0 Å². The Morgan fingerprint density at radius 3 is 2.60 bits per heavy atom. The molecule has 15 heavy (non-hydrogen) atoms. The molecule has 0 aromatic carbocycles. The molecule has 0 unspecified atom stereocenters. The molecule has 2 aromatic heterocycles. The third kappa shape index (κ3) is 1.81. The van der Waals surface area contributed by atoms with Gasteiger partial charge in [0.2, 0.25) is 0 Å². The van der Waals surface area contributed by atoms with Crippen LogP contribution in [0.3, 0.4) is 0 Å². The summed E-state index contributed by atoms with van der Waals surface area (Å²) in [6.45, 7) is 4.06. The van der Waals surface area contributed by atoms with E-state index in [0.717, 1.165) is 16.8 Å². The second-order valence-corrected chi connectivity index (χ2v) is 3.62. The molecule has 3 heteroatoms. The monoisotopic (exact) mass is 199 g/mol. The highest BCUT2D eigenvalue weighted by molar-refractivity contribution is 5.66. The molecule has 3 nitrogen and oxygen atoms in total. The average molecular weight is 199 g/mol. The Bertz CT molecular complexity index is 492. The van der Waals surface area contributed by atoms with Gasteiger partial charge in [0.1, 0.15) is 0 Å². The smallest absolute Gasteiger partial charge is 0.0750 e. The first-order chi connectivity index (χ1) is 7.18. The number of hydrogen-bond acceptors (Lipinski definition) is 3. The standard InChI is InChI=1S/C12H13N3/c1-8-3-4-14-7-11(8)12-9(2)5-10(13)6-15-12/h3-7H,13H2,1-2H3. The van der Waals surface area contributed by atoms with Crippen LogP contribution in [0.1, 0.15) is 11.1 Å². The second kappa shape index (κ2) is 3.69. The maximum Gasteiger partial charge on any atom is 0.0750 e. The lowest BCUT2D eigenvalue weighted by Crippen LogP contribution is -1.94. The summed E-state index contributed by atoms with van der Waals surface area (Å²) in [5.41, 5.74) is 10.6. The van der Waals surface area contributed by atoms with Crippen molar-refractivity contribution in [1.82, 2.24) is 9.97 Å². The van der Waals surface area contributed by atoms with Crippen molar-refractivity contribution in [3.8, 4) is 11.3 Å². The quantitative estimate of drug-likeness (QED) is 0.767. The minimum Gasteiger partial charge on any atom is -0.397 e. The van der Waals surface area contributed by atoms with Gasteiger partial charge in [-0.05, 0) is 37.1 Å². The van der Waals surface area contributed by atoms with Crippen LogP contribution < -0.4 is 5.73 Å². The van der Waals surface area contributed by atoms with Crippen molar-refractivity contribution in [2.45, 2.75) is 13.8 Å². The lowest BCUT2D eigenvalue weighted by atomic mass is 10.0. The maximum atomic E-state index is 5.67. The van der Waals surface area contributed by atoms with Gasteiger partial charge in [-0.25, -0.2) is 0 Å². The minimum absolute atomic E-state index is 0.692. The molecule has 2 N–H and O–H groups in total. The molecule has 0 bridgehead atoms. The van der Waals surface area contributed by atoms with Gasteiger partial charge >= 0.3 is 0 Å². The number of pyridine rings is 2. The van der Waals surface area contributed by atoms with Gasteiger partial charge in [-0.2, -0.15) is 0 Å². The van der Waals surface area contributed by atoms with Gasteiger partial charge in [-0.1, -0.05) is 0 Å². The number of rotatable bonds is 1. The van der Waals surface area contributed by atoms with Gasteiger partial charge in [0.15, 0.2) is 0 Å². The number of aromatic nitrogens is 2. The number of nitrogens with zero attached hydrogens (tertiary/aromatic N) is 2.